The molecular formula is C11H12O. The Morgan fingerprint density at radius 2 is 2.33 bits per heavy atom. The Morgan fingerprint density at radius 3 is 3.17 bits per heavy atom. The van der Waals surface area contributed by atoms with E-state index in [1.165, 1.54) is 16.7 Å². The molecule has 62 valence electrons. The highest BCUT2D eigenvalue weighted by Gasteiger charge is 2.04. The maximum atomic E-state index is 5.07. The normalized spacial score (nSPS) is 13.4. The summed E-state index contributed by atoms with van der Waals surface area (Å²) in [5, 5.41) is 0. The maximum Gasteiger partial charge on any atom is 0.0713 e. The van der Waals surface area contributed by atoms with Crippen molar-refractivity contribution in [3.05, 3.63) is 41.0 Å². The quantitative estimate of drug-likeness (QED) is 0.645. The van der Waals surface area contributed by atoms with Crippen LogP contribution in [-0.4, -0.2) is 7.11 Å². The van der Waals surface area contributed by atoms with Crippen molar-refractivity contribution in [3.63, 3.8) is 0 Å². The van der Waals surface area contributed by atoms with Gasteiger partial charge in [0.25, 0.3) is 0 Å². The topological polar surface area (TPSA) is 9.23 Å². The van der Waals surface area contributed by atoms with E-state index in [2.05, 4.69) is 30.4 Å². The van der Waals surface area contributed by atoms with Crippen LogP contribution in [-0.2, 0) is 17.8 Å². The van der Waals surface area contributed by atoms with Crippen molar-refractivity contribution < 1.29 is 4.74 Å². The molecule has 0 heterocycles. The molecule has 0 saturated heterocycles. The van der Waals surface area contributed by atoms with Gasteiger partial charge in [-0.05, 0) is 23.1 Å². The van der Waals surface area contributed by atoms with Gasteiger partial charge in [-0.3, -0.25) is 0 Å². The SMILES string of the molecule is COCc1ccc2c(c1)CC=C2. The van der Waals surface area contributed by atoms with Crippen LogP contribution < -0.4 is 0 Å². The Morgan fingerprint density at radius 1 is 1.42 bits per heavy atom. The first-order valence-electron chi connectivity index (χ1n) is 4.17. The Labute approximate surface area is 72.7 Å². The van der Waals surface area contributed by atoms with Crippen molar-refractivity contribution in [2.45, 2.75) is 13.0 Å². The van der Waals surface area contributed by atoms with Crippen molar-refractivity contribution in [2.24, 2.45) is 0 Å². The molecule has 0 radical (unpaired) electrons. The monoisotopic (exact) mass is 160 g/mol. The minimum absolute atomic E-state index is 0.716. The number of hydrogen-bond acceptors (Lipinski definition) is 1. The lowest BCUT2D eigenvalue weighted by Crippen LogP contribution is -1.90. The van der Waals surface area contributed by atoms with Gasteiger partial charge in [0.05, 0.1) is 6.61 Å². The van der Waals surface area contributed by atoms with Gasteiger partial charge in [0.2, 0.25) is 0 Å². The lowest BCUT2D eigenvalue weighted by atomic mass is 10.1. The van der Waals surface area contributed by atoms with Crippen molar-refractivity contribution >= 4 is 6.08 Å². The van der Waals surface area contributed by atoms with E-state index in [0.29, 0.717) is 6.61 Å². The fourth-order valence-corrected chi connectivity index (χ4v) is 1.57. The molecule has 0 atom stereocenters. The molecule has 0 amide bonds. The first-order chi connectivity index (χ1) is 5.90. The van der Waals surface area contributed by atoms with Gasteiger partial charge in [-0.25, -0.2) is 0 Å². The first-order valence-corrected chi connectivity index (χ1v) is 4.17. The zero-order valence-corrected chi connectivity index (χ0v) is 7.21. The number of hydrogen-bond donors (Lipinski definition) is 0. The van der Waals surface area contributed by atoms with Crippen molar-refractivity contribution in [2.75, 3.05) is 7.11 Å². The maximum absolute atomic E-state index is 5.07. The van der Waals surface area contributed by atoms with Gasteiger partial charge in [-0.15, -0.1) is 0 Å². The van der Waals surface area contributed by atoms with Gasteiger partial charge in [0.15, 0.2) is 0 Å². The van der Waals surface area contributed by atoms with Crippen LogP contribution in [0.4, 0.5) is 0 Å². The van der Waals surface area contributed by atoms with Gasteiger partial charge in [0.1, 0.15) is 0 Å². The second-order valence-electron chi connectivity index (χ2n) is 3.07. The van der Waals surface area contributed by atoms with Crippen LogP contribution >= 0.6 is 0 Å². The Balaban J connectivity index is 2.29. The molecule has 0 N–H and O–H groups in total. The number of rotatable bonds is 2. The van der Waals surface area contributed by atoms with Crippen LogP contribution in [0.15, 0.2) is 24.3 Å². The molecule has 0 saturated carbocycles. The fraction of sp³-hybridized carbons (Fsp3) is 0.273. The Hall–Kier alpha value is -1.08. The molecule has 12 heavy (non-hydrogen) atoms. The third-order valence-electron chi connectivity index (χ3n) is 2.15. The molecule has 1 nitrogen and oxygen atoms in total. The van der Waals surface area contributed by atoms with E-state index in [-0.39, 0.29) is 0 Å². The van der Waals surface area contributed by atoms with Gasteiger partial charge in [0, 0.05) is 7.11 Å². The molecule has 0 unspecified atom stereocenters. The van der Waals surface area contributed by atoms with Crippen molar-refractivity contribution in [3.8, 4) is 0 Å². The fourth-order valence-electron chi connectivity index (χ4n) is 1.57. The molecule has 0 aromatic heterocycles. The average molecular weight is 160 g/mol. The van der Waals surface area contributed by atoms with E-state index in [1.807, 2.05) is 0 Å². The molecule has 1 heteroatoms. The number of fused-ring (bicyclic) bond motifs is 1. The second-order valence-corrected chi connectivity index (χ2v) is 3.07. The highest BCUT2D eigenvalue weighted by atomic mass is 16.5. The van der Waals surface area contributed by atoms with E-state index in [0.717, 1.165) is 6.42 Å². The summed E-state index contributed by atoms with van der Waals surface area (Å²) in [6.45, 7) is 0.716. The van der Waals surface area contributed by atoms with E-state index in [9.17, 15) is 0 Å². The predicted molar refractivity (Wildman–Crippen MR) is 49.9 cm³/mol. The molecule has 0 spiro atoms. The first kappa shape index (κ1) is 7.56. The van der Waals surface area contributed by atoms with Crippen LogP contribution in [0.3, 0.4) is 0 Å². The summed E-state index contributed by atoms with van der Waals surface area (Å²) in [6, 6.07) is 6.50. The Kier molecular flexibility index (Phi) is 1.96. The molecular weight excluding hydrogens is 148 g/mol. The molecule has 0 fully saturated rings. The van der Waals surface area contributed by atoms with E-state index in [1.54, 1.807) is 7.11 Å². The number of methoxy groups -OCH3 is 1. The zero-order valence-electron chi connectivity index (χ0n) is 7.21. The zero-order chi connectivity index (χ0) is 8.39. The lowest BCUT2D eigenvalue weighted by Gasteiger charge is -2.02. The van der Waals surface area contributed by atoms with Gasteiger partial charge < -0.3 is 4.74 Å². The average Bonchev–Trinajstić information content (AvgIpc) is 2.51. The minimum Gasteiger partial charge on any atom is -0.380 e. The van der Waals surface area contributed by atoms with Crippen LogP contribution in [0.2, 0.25) is 0 Å². The van der Waals surface area contributed by atoms with Gasteiger partial charge in [-0.1, -0.05) is 30.4 Å². The number of ether oxygens (including phenoxy) is 1. The molecule has 1 aliphatic rings. The van der Waals surface area contributed by atoms with Gasteiger partial charge >= 0.3 is 0 Å². The highest BCUT2D eigenvalue weighted by Crippen LogP contribution is 2.20. The predicted octanol–water partition coefficient (Wildman–Crippen LogP) is 2.40. The summed E-state index contributed by atoms with van der Waals surface area (Å²) in [5.74, 6) is 0. The summed E-state index contributed by atoms with van der Waals surface area (Å²) < 4.78 is 5.07. The van der Waals surface area contributed by atoms with Crippen LogP contribution in [0.25, 0.3) is 6.08 Å². The molecule has 2 rings (SSSR count). The summed E-state index contributed by atoms with van der Waals surface area (Å²) in [7, 11) is 1.73. The number of benzene rings is 1. The minimum atomic E-state index is 0.716. The van der Waals surface area contributed by atoms with Crippen molar-refractivity contribution in [1.29, 1.82) is 0 Å². The van der Waals surface area contributed by atoms with Crippen LogP contribution in [0.5, 0.6) is 0 Å². The van der Waals surface area contributed by atoms with Gasteiger partial charge in [-0.2, -0.15) is 0 Å². The smallest absolute Gasteiger partial charge is 0.0713 e. The van der Waals surface area contributed by atoms with Crippen LogP contribution in [0, 0.1) is 0 Å². The third-order valence-corrected chi connectivity index (χ3v) is 2.15. The molecule has 1 aromatic rings. The summed E-state index contributed by atoms with van der Waals surface area (Å²) in [6.07, 6.45) is 5.44. The lowest BCUT2D eigenvalue weighted by molar-refractivity contribution is 0.185. The largest absolute Gasteiger partial charge is 0.380 e. The summed E-state index contributed by atoms with van der Waals surface area (Å²) in [5.41, 5.74) is 4.04. The van der Waals surface area contributed by atoms with E-state index in [4.69, 9.17) is 4.74 Å². The number of allylic oxidation sites excluding steroid dienone is 1. The van der Waals surface area contributed by atoms with E-state index >= 15 is 0 Å². The summed E-state index contributed by atoms with van der Waals surface area (Å²) >= 11 is 0. The molecule has 1 aliphatic carbocycles. The highest BCUT2D eigenvalue weighted by molar-refractivity contribution is 5.60. The van der Waals surface area contributed by atoms with Crippen molar-refractivity contribution in [1.82, 2.24) is 0 Å². The summed E-state index contributed by atoms with van der Waals surface area (Å²) in [4.78, 5) is 0. The second kappa shape index (κ2) is 3.11. The van der Waals surface area contributed by atoms with Crippen LogP contribution in [0.1, 0.15) is 16.7 Å². The Bertz CT molecular complexity index is 313. The molecule has 0 bridgehead atoms. The van der Waals surface area contributed by atoms with E-state index < -0.39 is 0 Å². The standard InChI is InChI=1S/C11H12O/c1-12-8-9-5-6-10-3-2-4-11(10)7-9/h2-3,5-7H,4,8H2,1H3. The molecule has 1 aromatic carbocycles. The third kappa shape index (κ3) is 1.28. The molecule has 0 aliphatic heterocycles.